The Morgan fingerprint density at radius 1 is 1.41 bits per heavy atom. The molecule has 1 fully saturated rings. The number of benzene rings is 1. The fourth-order valence-electron chi connectivity index (χ4n) is 2.69. The summed E-state index contributed by atoms with van der Waals surface area (Å²) in [6.07, 6.45) is 1.85. The lowest BCUT2D eigenvalue weighted by molar-refractivity contribution is -0.0498. The van der Waals surface area contributed by atoms with Crippen LogP contribution in [0.3, 0.4) is 0 Å². The van der Waals surface area contributed by atoms with Crippen LogP contribution >= 0.6 is 12.4 Å². The fourth-order valence-corrected chi connectivity index (χ4v) is 2.69. The summed E-state index contributed by atoms with van der Waals surface area (Å²) in [6.45, 7) is 0.401. The molecule has 2 rings (SSSR count). The predicted molar refractivity (Wildman–Crippen MR) is 82.6 cm³/mol. The number of alkyl halides is 2. The van der Waals surface area contributed by atoms with E-state index in [0.717, 1.165) is 12.8 Å². The zero-order chi connectivity index (χ0) is 15.4. The molecule has 1 heterocycles. The molecule has 1 aromatic carbocycles. The van der Waals surface area contributed by atoms with Gasteiger partial charge in [0.25, 0.3) is 5.91 Å². The van der Waals surface area contributed by atoms with Crippen LogP contribution in [-0.4, -0.2) is 36.5 Å². The molecule has 2 atom stereocenters. The molecule has 1 aromatic rings. The number of nitrogens with zero attached hydrogens (tertiary/aromatic N) is 1. The minimum atomic E-state index is -2.86. The van der Waals surface area contributed by atoms with Crippen LogP contribution < -0.4 is 10.5 Å². The Labute approximate surface area is 135 Å². The highest BCUT2D eigenvalue weighted by Crippen LogP contribution is 2.24. The third-order valence-corrected chi connectivity index (χ3v) is 3.84. The van der Waals surface area contributed by atoms with Crippen molar-refractivity contribution in [2.24, 2.45) is 11.7 Å². The first kappa shape index (κ1) is 18.6. The number of rotatable bonds is 4. The first-order valence-corrected chi connectivity index (χ1v) is 7.07. The Balaban J connectivity index is 0.00000242. The summed E-state index contributed by atoms with van der Waals surface area (Å²) < 4.78 is 28.5. The molecule has 124 valence electrons. The smallest absolute Gasteiger partial charge is 0.387 e. The molecule has 7 heteroatoms. The second-order valence-corrected chi connectivity index (χ2v) is 5.42. The van der Waals surface area contributed by atoms with E-state index in [2.05, 4.69) is 11.7 Å². The summed E-state index contributed by atoms with van der Waals surface area (Å²) >= 11 is 0. The Hall–Kier alpha value is -1.40. The monoisotopic (exact) mass is 334 g/mol. The molecule has 2 N–H and O–H groups in total. The summed E-state index contributed by atoms with van der Waals surface area (Å²) in [7, 11) is 0. The number of likely N-dealkylation sites (tertiary alicyclic amines) is 1. The van der Waals surface area contributed by atoms with Gasteiger partial charge in [-0.3, -0.25) is 4.79 Å². The van der Waals surface area contributed by atoms with Gasteiger partial charge in [0.1, 0.15) is 5.75 Å². The Kier molecular flexibility index (Phi) is 7.03. The second kappa shape index (κ2) is 8.29. The largest absolute Gasteiger partial charge is 0.435 e. The highest BCUT2D eigenvalue weighted by molar-refractivity contribution is 5.94. The first-order valence-electron chi connectivity index (χ1n) is 7.07. The van der Waals surface area contributed by atoms with Crippen molar-refractivity contribution in [1.82, 2.24) is 4.90 Å². The number of nitrogens with two attached hydrogens (primary N) is 1. The van der Waals surface area contributed by atoms with Crippen LogP contribution in [0.15, 0.2) is 24.3 Å². The normalized spacial score (nSPS) is 21.4. The third-order valence-electron chi connectivity index (χ3n) is 3.84. The highest BCUT2D eigenvalue weighted by atomic mass is 35.5. The van der Waals surface area contributed by atoms with Gasteiger partial charge in [-0.05, 0) is 43.0 Å². The van der Waals surface area contributed by atoms with Crippen LogP contribution in [0.4, 0.5) is 8.78 Å². The van der Waals surface area contributed by atoms with Crippen LogP contribution in [0.5, 0.6) is 5.75 Å². The molecule has 0 bridgehead atoms. The van der Waals surface area contributed by atoms with Gasteiger partial charge < -0.3 is 15.4 Å². The summed E-state index contributed by atoms with van der Waals surface area (Å²) in [5.74, 6) is 0.495. The van der Waals surface area contributed by atoms with E-state index >= 15 is 0 Å². The average Bonchev–Trinajstić information content (AvgIpc) is 2.46. The van der Waals surface area contributed by atoms with E-state index in [-0.39, 0.29) is 30.1 Å². The maximum absolute atomic E-state index is 12.5. The van der Waals surface area contributed by atoms with Gasteiger partial charge in [-0.1, -0.05) is 6.92 Å². The molecular weight excluding hydrogens is 314 g/mol. The minimum Gasteiger partial charge on any atom is -0.435 e. The van der Waals surface area contributed by atoms with Gasteiger partial charge in [-0.25, -0.2) is 0 Å². The lowest BCUT2D eigenvalue weighted by Crippen LogP contribution is -2.49. The van der Waals surface area contributed by atoms with Crippen molar-refractivity contribution in [2.45, 2.75) is 32.4 Å². The molecule has 0 aromatic heterocycles. The van der Waals surface area contributed by atoms with E-state index in [1.807, 2.05) is 0 Å². The van der Waals surface area contributed by atoms with E-state index < -0.39 is 6.61 Å². The Bertz CT molecular complexity index is 485. The first-order chi connectivity index (χ1) is 10.0. The number of carbonyl (C=O) groups is 1. The predicted octanol–water partition coefficient (Wildman–Crippen LogP) is 2.91. The summed E-state index contributed by atoms with van der Waals surface area (Å²) in [4.78, 5) is 14.3. The molecule has 0 spiro atoms. The lowest BCUT2D eigenvalue weighted by atomic mass is 9.92. The van der Waals surface area contributed by atoms with Gasteiger partial charge in [0.05, 0.1) is 0 Å². The molecular formula is C15H21ClF2N2O2. The van der Waals surface area contributed by atoms with Crippen LogP contribution in [0.25, 0.3) is 0 Å². The average molecular weight is 335 g/mol. The van der Waals surface area contributed by atoms with Crippen molar-refractivity contribution >= 4 is 18.3 Å². The molecule has 1 aliphatic rings. The zero-order valence-corrected chi connectivity index (χ0v) is 13.2. The summed E-state index contributed by atoms with van der Waals surface area (Å²) in [6, 6.07) is 5.81. The van der Waals surface area contributed by atoms with Gasteiger partial charge in [-0.2, -0.15) is 8.78 Å². The Morgan fingerprint density at radius 3 is 2.59 bits per heavy atom. The van der Waals surface area contributed by atoms with Crippen LogP contribution in [0, 0.1) is 5.92 Å². The van der Waals surface area contributed by atoms with Gasteiger partial charge in [0, 0.05) is 24.7 Å². The number of amides is 1. The lowest BCUT2D eigenvalue weighted by Gasteiger charge is -2.38. The van der Waals surface area contributed by atoms with Gasteiger partial charge in [0.15, 0.2) is 0 Å². The molecule has 2 unspecified atom stereocenters. The molecule has 1 saturated heterocycles. The summed E-state index contributed by atoms with van der Waals surface area (Å²) in [5, 5.41) is 0. The van der Waals surface area contributed by atoms with Gasteiger partial charge in [0.2, 0.25) is 0 Å². The highest BCUT2D eigenvalue weighted by Gasteiger charge is 2.29. The number of piperidine rings is 1. The van der Waals surface area contributed by atoms with Crippen molar-refractivity contribution in [2.75, 3.05) is 13.1 Å². The van der Waals surface area contributed by atoms with Crippen molar-refractivity contribution < 1.29 is 18.3 Å². The molecule has 0 aliphatic carbocycles. The van der Waals surface area contributed by atoms with Gasteiger partial charge in [-0.15, -0.1) is 12.4 Å². The molecule has 1 amide bonds. The molecule has 1 aliphatic heterocycles. The fraction of sp³-hybridized carbons (Fsp3) is 0.533. The topological polar surface area (TPSA) is 55.6 Å². The maximum atomic E-state index is 12.5. The van der Waals surface area contributed by atoms with E-state index in [1.54, 1.807) is 4.90 Å². The number of hydrogen-bond acceptors (Lipinski definition) is 3. The van der Waals surface area contributed by atoms with Crippen molar-refractivity contribution in [1.29, 1.82) is 0 Å². The minimum absolute atomic E-state index is 0. The molecule has 0 radical (unpaired) electrons. The maximum Gasteiger partial charge on any atom is 0.387 e. The summed E-state index contributed by atoms with van der Waals surface area (Å²) in [5.41, 5.74) is 6.22. The standard InChI is InChI=1S/C15H20F2N2O2.ClH/c1-10-6-7-19(12(8-10)9-18)14(20)11-2-4-13(5-3-11)21-15(16)17;/h2-5,10,12,15H,6-9,18H2,1H3;1H. The van der Waals surface area contributed by atoms with Crippen molar-refractivity contribution in [3.8, 4) is 5.75 Å². The third kappa shape index (κ3) is 4.55. The van der Waals surface area contributed by atoms with E-state index in [4.69, 9.17) is 5.73 Å². The van der Waals surface area contributed by atoms with Gasteiger partial charge >= 0.3 is 6.61 Å². The van der Waals surface area contributed by atoms with Crippen molar-refractivity contribution in [3.63, 3.8) is 0 Å². The molecule has 0 saturated carbocycles. The second-order valence-electron chi connectivity index (χ2n) is 5.42. The van der Waals surface area contributed by atoms with Crippen LogP contribution in [-0.2, 0) is 0 Å². The molecule has 4 nitrogen and oxygen atoms in total. The van der Waals surface area contributed by atoms with E-state index in [9.17, 15) is 13.6 Å². The zero-order valence-electron chi connectivity index (χ0n) is 12.4. The van der Waals surface area contributed by atoms with Crippen LogP contribution in [0.1, 0.15) is 30.1 Å². The van der Waals surface area contributed by atoms with E-state index in [0.29, 0.717) is 24.6 Å². The number of carbonyl (C=O) groups excluding carboxylic acids is 1. The SMILES string of the molecule is CC1CCN(C(=O)c2ccc(OC(F)F)cc2)C(CN)C1.Cl. The Morgan fingerprint density at radius 2 is 2.05 bits per heavy atom. The number of halogens is 3. The number of hydrogen-bond donors (Lipinski definition) is 1. The molecule has 22 heavy (non-hydrogen) atoms. The van der Waals surface area contributed by atoms with Crippen LogP contribution in [0.2, 0.25) is 0 Å². The van der Waals surface area contributed by atoms with E-state index in [1.165, 1.54) is 24.3 Å². The quantitative estimate of drug-likeness (QED) is 0.921. The van der Waals surface area contributed by atoms with Crippen molar-refractivity contribution in [3.05, 3.63) is 29.8 Å². The number of ether oxygens (including phenoxy) is 1.